The van der Waals surface area contributed by atoms with Crippen molar-refractivity contribution in [2.45, 2.75) is 69.4 Å². The van der Waals surface area contributed by atoms with E-state index in [1.165, 1.54) is 58.0 Å². The number of nitrogens with zero attached hydrogens (tertiary/aromatic N) is 1. The van der Waals surface area contributed by atoms with Gasteiger partial charge in [-0.2, -0.15) is 0 Å². The first-order chi connectivity index (χ1) is 8.83. The summed E-state index contributed by atoms with van der Waals surface area (Å²) in [6, 6.07) is 0.427. The highest BCUT2D eigenvalue weighted by Crippen LogP contribution is 2.40. The standard InChI is InChI=1S/C15H29N3/c1-2-3-9-14(17-16)15(10-5-6-11-15)18-12-7-4-8-13-18/h2,14,17H,1,3-13,16H2. The molecular formula is C15H29N3. The van der Waals surface area contributed by atoms with E-state index in [1.54, 1.807) is 0 Å². The van der Waals surface area contributed by atoms with E-state index in [4.69, 9.17) is 5.84 Å². The summed E-state index contributed by atoms with van der Waals surface area (Å²) >= 11 is 0. The maximum absolute atomic E-state index is 5.87. The van der Waals surface area contributed by atoms with E-state index >= 15 is 0 Å². The van der Waals surface area contributed by atoms with Crippen LogP contribution in [0.1, 0.15) is 57.8 Å². The highest BCUT2D eigenvalue weighted by Gasteiger charge is 2.45. The van der Waals surface area contributed by atoms with Crippen LogP contribution < -0.4 is 11.3 Å². The van der Waals surface area contributed by atoms with Crippen LogP contribution in [-0.4, -0.2) is 29.6 Å². The van der Waals surface area contributed by atoms with Crippen LogP contribution in [-0.2, 0) is 0 Å². The quantitative estimate of drug-likeness (QED) is 0.433. The maximum atomic E-state index is 5.87. The van der Waals surface area contributed by atoms with Crippen molar-refractivity contribution in [1.29, 1.82) is 0 Å². The molecule has 2 fully saturated rings. The fourth-order valence-corrected chi connectivity index (χ4v) is 4.00. The van der Waals surface area contributed by atoms with Crippen molar-refractivity contribution in [2.75, 3.05) is 13.1 Å². The lowest BCUT2D eigenvalue weighted by Crippen LogP contribution is -2.62. The van der Waals surface area contributed by atoms with E-state index in [0.717, 1.165) is 12.8 Å². The van der Waals surface area contributed by atoms with Gasteiger partial charge in [-0.05, 0) is 51.6 Å². The van der Waals surface area contributed by atoms with E-state index in [9.17, 15) is 0 Å². The first-order valence-electron chi connectivity index (χ1n) is 7.65. The van der Waals surface area contributed by atoms with E-state index in [1.807, 2.05) is 6.08 Å². The third-order valence-electron chi connectivity index (χ3n) is 4.96. The molecule has 0 radical (unpaired) electrons. The van der Waals surface area contributed by atoms with Crippen molar-refractivity contribution in [2.24, 2.45) is 5.84 Å². The Morgan fingerprint density at radius 1 is 1.17 bits per heavy atom. The maximum Gasteiger partial charge on any atom is 0.0397 e. The Balaban J connectivity index is 2.10. The van der Waals surface area contributed by atoms with Crippen molar-refractivity contribution in [3.05, 3.63) is 12.7 Å². The summed E-state index contributed by atoms with van der Waals surface area (Å²) < 4.78 is 0. The average molecular weight is 251 g/mol. The topological polar surface area (TPSA) is 41.3 Å². The molecule has 1 saturated carbocycles. The molecule has 0 bridgehead atoms. The molecule has 1 heterocycles. The molecular weight excluding hydrogens is 222 g/mol. The molecule has 2 aliphatic rings. The Labute approximate surface area is 112 Å². The molecule has 0 aromatic rings. The summed E-state index contributed by atoms with van der Waals surface area (Å²) in [6.45, 7) is 6.39. The fraction of sp³-hybridized carbons (Fsp3) is 0.867. The molecule has 1 aliphatic heterocycles. The van der Waals surface area contributed by atoms with Gasteiger partial charge in [-0.3, -0.25) is 16.2 Å². The number of allylic oxidation sites excluding steroid dienone is 1. The number of piperidine rings is 1. The van der Waals surface area contributed by atoms with E-state index < -0.39 is 0 Å². The van der Waals surface area contributed by atoms with Crippen LogP contribution in [0.3, 0.4) is 0 Å². The second-order valence-corrected chi connectivity index (χ2v) is 5.94. The molecule has 3 nitrogen and oxygen atoms in total. The lowest BCUT2D eigenvalue weighted by molar-refractivity contribution is 0.0342. The van der Waals surface area contributed by atoms with Gasteiger partial charge in [-0.25, -0.2) is 0 Å². The molecule has 1 saturated heterocycles. The van der Waals surface area contributed by atoms with Crippen molar-refractivity contribution in [3.63, 3.8) is 0 Å². The van der Waals surface area contributed by atoms with Crippen LogP contribution in [0.2, 0.25) is 0 Å². The van der Waals surface area contributed by atoms with Crippen LogP contribution in [0.15, 0.2) is 12.7 Å². The van der Waals surface area contributed by atoms with Gasteiger partial charge in [0.05, 0.1) is 0 Å². The Kier molecular flexibility index (Phi) is 5.22. The molecule has 0 amide bonds. The molecule has 1 atom stereocenters. The Morgan fingerprint density at radius 3 is 2.39 bits per heavy atom. The molecule has 1 unspecified atom stereocenters. The van der Waals surface area contributed by atoms with E-state index in [0.29, 0.717) is 11.6 Å². The lowest BCUT2D eigenvalue weighted by Gasteiger charge is -2.48. The third kappa shape index (κ3) is 2.79. The average Bonchev–Trinajstić information content (AvgIpc) is 2.91. The number of nitrogens with one attached hydrogen (secondary N) is 1. The normalized spacial score (nSPS) is 26.1. The molecule has 0 aromatic carbocycles. The van der Waals surface area contributed by atoms with Gasteiger partial charge in [0.25, 0.3) is 0 Å². The van der Waals surface area contributed by atoms with Crippen molar-refractivity contribution >= 4 is 0 Å². The minimum absolute atomic E-state index is 0.332. The SMILES string of the molecule is C=CCCC(NN)C1(N2CCCCC2)CCCC1. The first kappa shape index (κ1) is 14.0. The first-order valence-corrected chi connectivity index (χ1v) is 7.65. The molecule has 1 aliphatic carbocycles. The second-order valence-electron chi connectivity index (χ2n) is 5.94. The highest BCUT2D eigenvalue weighted by molar-refractivity contribution is 5.04. The molecule has 3 N–H and O–H groups in total. The zero-order valence-corrected chi connectivity index (χ0v) is 11.7. The summed E-state index contributed by atoms with van der Waals surface area (Å²) in [5.74, 6) is 5.87. The largest absolute Gasteiger partial charge is 0.296 e. The zero-order chi connectivity index (χ0) is 12.8. The Hall–Kier alpha value is -0.380. The smallest absolute Gasteiger partial charge is 0.0397 e. The fourth-order valence-electron chi connectivity index (χ4n) is 4.00. The third-order valence-corrected chi connectivity index (χ3v) is 4.96. The number of likely N-dealkylation sites (tertiary alicyclic amines) is 1. The number of hydrogen-bond donors (Lipinski definition) is 2. The van der Waals surface area contributed by atoms with Crippen molar-refractivity contribution in [1.82, 2.24) is 10.3 Å². The van der Waals surface area contributed by atoms with Gasteiger partial charge in [-0.1, -0.05) is 25.3 Å². The Morgan fingerprint density at radius 2 is 1.83 bits per heavy atom. The van der Waals surface area contributed by atoms with Crippen molar-refractivity contribution < 1.29 is 0 Å². The zero-order valence-electron chi connectivity index (χ0n) is 11.7. The molecule has 3 heteroatoms. The summed E-state index contributed by atoms with van der Waals surface area (Å²) in [4.78, 5) is 2.75. The van der Waals surface area contributed by atoms with Gasteiger partial charge < -0.3 is 0 Å². The molecule has 0 spiro atoms. The predicted octanol–water partition coefficient (Wildman–Crippen LogP) is 2.58. The van der Waals surface area contributed by atoms with Gasteiger partial charge >= 0.3 is 0 Å². The highest BCUT2D eigenvalue weighted by atomic mass is 15.3. The Bertz CT molecular complexity index is 252. The minimum Gasteiger partial charge on any atom is -0.296 e. The number of nitrogens with two attached hydrogens (primary N) is 1. The van der Waals surface area contributed by atoms with E-state index in [2.05, 4.69) is 16.9 Å². The van der Waals surface area contributed by atoms with Crippen LogP contribution in [0, 0.1) is 0 Å². The predicted molar refractivity (Wildman–Crippen MR) is 77.2 cm³/mol. The minimum atomic E-state index is 0.332. The summed E-state index contributed by atoms with van der Waals surface area (Å²) in [6.07, 6.45) is 13.7. The number of rotatable bonds is 6. The summed E-state index contributed by atoms with van der Waals surface area (Å²) in [5.41, 5.74) is 3.46. The van der Waals surface area contributed by atoms with Crippen molar-refractivity contribution in [3.8, 4) is 0 Å². The lowest BCUT2D eigenvalue weighted by atomic mass is 9.82. The van der Waals surface area contributed by atoms with Crippen LogP contribution in [0.4, 0.5) is 0 Å². The number of hydrogen-bond acceptors (Lipinski definition) is 3. The number of hydrazine groups is 1. The van der Waals surface area contributed by atoms with Gasteiger partial charge in [-0.15, -0.1) is 6.58 Å². The molecule has 0 aromatic heterocycles. The summed E-state index contributed by atoms with van der Waals surface area (Å²) in [5, 5.41) is 0. The second kappa shape index (κ2) is 6.69. The molecule has 18 heavy (non-hydrogen) atoms. The summed E-state index contributed by atoms with van der Waals surface area (Å²) in [7, 11) is 0. The van der Waals surface area contributed by atoms with Gasteiger partial charge in [0.1, 0.15) is 0 Å². The van der Waals surface area contributed by atoms with Gasteiger partial charge in [0, 0.05) is 11.6 Å². The molecule has 104 valence electrons. The van der Waals surface area contributed by atoms with Crippen LogP contribution in [0.25, 0.3) is 0 Å². The van der Waals surface area contributed by atoms with E-state index in [-0.39, 0.29) is 0 Å². The van der Waals surface area contributed by atoms with Gasteiger partial charge in [0.15, 0.2) is 0 Å². The van der Waals surface area contributed by atoms with Crippen LogP contribution in [0.5, 0.6) is 0 Å². The van der Waals surface area contributed by atoms with Crippen LogP contribution >= 0.6 is 0 Å². The monoisotopic (exact) mass is 251 g/mol. The van der Waals surface area contributed by atoms with Gasteiger partial charge in [0.2, 0.25) is 0 Å². The molecule has 2 rings (SSSR count).